The fraction of sp³-hybridized carbons (Fsp3) is 0.586. The number of aromatic nitrogens is 2. The van der Waals surface area contributed by atoms with Crippen LogP contribution in [0.3, 0.4) is 0 Å². The molecule has 3 amide bonds. The van der Waals surface area contributed by atoms with Gasteiger partial charge in [0.1, 0.15) is 12.1 Å². The zero-order chi connectivity index (χ0) is 32.3. The van der Waals surface area contributed by atoms with Gasteiger partial charge < -0.3 is 20.7 Å². The predicted molar refractivity (Wildman–Crippen MR) is 148 cm³/mol. The Morgan fingerprint density at radius 3 is 2.30 bits per heavy atom. The lowest BCUT2D eigenvalue weighted by molar-refractivity contribution is -0.169. The second kappa shape index (κ2) is 12.6. The predicted octanol–water partition coefficient (Wildman–Crippen LogP) is 3.31. The van der Waals surface area contributed by atoms with Crippen LogP contribution >= 0.6 is 0 Å². The molecule has 0 aromatic carbocycles. The van der Waals surface area contributed by atoms with Crippen LogP contribution in [0.2, 0.25) is 0 Å². The highest BCUT2D eigenvalue weighted by atomic mass is 19.4. The number of alkyl halides is 3. The van der Waals surface area contributed by atoms with Gasteiger partial charge in [-0.2, -0.15) is 28.8 Å². The summed E-state index contributed by atoms with van der Waals surface area (Å²) in [6.07, 6.45) is 1.64. The van der Waals surface area contributed by atoms with Crippen LogP contribution in [0, 0.1) is 46.8 Å². The Hall–Kier alpha value is -4.17. The fourth-order valence-corrected chi connectivity index (χ4v) is 5.42. The minimum absolute atomic E-state index is 0.0648. The number of rotatable bonds is 7. The number of nitriles is 2. The first-order chi connectivity index (χ1) is 20.0. The summed E-state index contributed by atoms with van der Waals surface area (Å²) < 4.78 is 39.6. The molecule has 0 spiro atoms. The van der Waals surface area contributed by atoms with E-state index >= 15 is 0 Å². The number of aryl methyl sites for hydroxylation is 1. The van der Waals surface area contributed by atoms with Gasteiger partial charge in [0.25, 0.3) is 0 Å². The van der Waals surface area contributed by atoms with Gasteiger partial charge in [-0.1, -0.05) is 13.8 Å². The number of nitrogens with zero attached hydrogens (tertiary/aromatic N) is 5. The van der Waals surface area contributed by atoms with Crippen LogP contribution in [-0.4, -0.2) is 63.7 Å². The van der Waals surface area contributed by atoms with Gasteiger partial charge in [-0.25, -0.2) is 4.52 Å². The molecule has 1 unspecified atom stereocenters. The molecule has 4 atom stereocenters. The third kappa shape index (κ3) is 8.02. The van der Waals surface area contributed by atoms with Crippen molar-refractivity contribution in [1.29, 1.82) is 10.5 Å². The maximum absolute atomic E-state index is 12.2. The molecule has 232 valence electrons. The quantitative estimate of drug-likeness (QED) is 0.458. The highest BCUT2D eigenvalue weighted by Gasteiger charge is 2.62. The number of ether oxygens (including phenoxy) is 1. The number of halogens is 3. The average molecular weight is 604 g/mol. The number of piperidine rings is 1. The van der Waals surface area contributed by atoms with Crippen molar-refractivity contribution in [2.24, 2.45) is 23.0 Å². The molecule has 0 bridgehead atoms. The number of primary amides is 1. The molecule has 3 heterocycles. The molecule has 5 rings (SSSR count). The van der Waals surface area contributed by atoms with Crippen molar-refractivity contribution in [3.63, 3.8) is 0 Å². The summed E-state index contributed by atoms with van der Waals surface area (Å²) in [5.74, 6) is -0.473. The Morgan fingerprint density at radius 1 is 1.26 bits per heavy atom. The Labute approximate surface area is 247 Å². The van der Waals surface area contributed by atoms with Gasteiger partial charge in [-0.15, -0.1) is 0 Å². The number of hydrogen-bond donors (Lipinski definition) is 2. The van der Waals surface area contributed by atoms with E-state index in [4.69, 9.17) is 20.1 Å². The van der Waals surface area contributed by atoms with Gasteiger partial charge in [0.15, 0.2) is 0 Å². The van der Waals surface area contributed by atoms with E-state index in [0.29, 0.717) is 29.4 Å². The minimum atomic E-state index is -4.86. The second-order valence-corrected chi connectivity index (χ2v) is 12.0. The van der Waals surface area contributed by atoms with Gasteiger partial charge in [-0.3, -0.25) is 14.4 Å². The van der Waals surface area contributed by atoms with E-state index < -0.39 is 18.1 Å². The van der Waals surface area contributed by atoms with Gasteiger partial charge in [-0.05, 0) is 62.5 Å². The number of likely N-dealkylation sites (tertiary alicyclic amines) is 1. The second-order valence-electron chi connectivity index (χ2n) is 12.0. The molecule has 3 N–H and O–H groups in total. The summed E-state index contributed by atoms with van der Waals surface area (Å²) in [5.41, 5.74) is 7.04. The molecule has 2 aromatic rings. The summed E-state index contributed by atoms with van der Waals surface area (Å²) >= 11 is 0. The third-order valence-corrected chi connectivity index (χ3v) is 8.29. The number of amides is 3. The first kappa shape index (κ1) is 33.3. The monoisotopic (exact) mass is 603 g/mol. The Bertz CT molecular complexity index is 1440. The van der Waals surface area contributed by atoms with Crippen LogP contribution in [0.15, 0.2) is 18.5 Å². The number of nitrogens with two attached hydrogens (primary N) is 1. The number of hydrogen-bond acceptors (Lipinski definition) is 7. The SMILES string of the molecule is C[C@H](CC(=O)N1C[C@@H]2[C@H](C1)C2(C)C)OC1(C)CC1.Cc1cc(C#N)cn2ncc(C(C#N)NC=O)c12.NC(=O)C(F)(F)F. The van der Waals surface area contributed by atoms with Gasteiger partial charge in [0.05, 0.1) is 41.5 Å². The first-order valence-electron chi connectivity index (χ1n) is 13.8. The normalized spacial score (nSPS) is 21.8. The number of pyridine rings is 1. The highest BCUT2D eigenvalue weighted by molar-refractivity contribution is 5.79. The van der Waals surface area contributed by atoms with Crippen molar-refractivity contribution < 1.29 is 32.3 Å². The molecular weight excluding hydrogens is 567 g/mol. The van der Waals surface area contributed by atoms with Gasteiger partial charge in [0.2, 0.25) is 12.3 Å². The molecule has 3 aliphatic rings. The molecule has 2 aliphatic carbocycles. The van der Waals surface area contributed by atoms with Crippen molar-refractivity contribution in [1.82, 2.24) is 19.8 Å². The molecule has 43 heavy (non-hydrogen) atoms. The van der Waals surface area contributed by atoms with E-state index in [1.54, 1.807) is 16.8 Å². The van der Waals surface area contributed by atoms with E-state index in [0.717, 1.165) is 48.8 Å². The summed E-state index contributed by atoms with van der Waals surface area (Å²) in [4.78, 5) is 33.8. The molecule has 14 heteroatoms. The molecule has 3 fully saturated rings. The van der Waals surface area contributed by atoms with Crippen LogP contribution in [0.5, 0.6) is 0 Å². The minimum Gasteiger partial charge on any atom is -0.372 e. The van der Waals surface area contributed by atoms with Crippen molar-refractivity contribution >= 4 is 23.7 Å². The van der Waals surface area contributed by atoms with Crippen LogP contribution in [0.1, 0.15) is 69.7 Å². The number of carbonyl (C=O) groups is 3. The zero-order valence-electron chi connectivity index (χ0n) is 24.7. The Balaban J connectivity index is 0.000000194. The summed E-state index contributed by atoms with van der Waals surface area (Å²) in [6.45, 7) is 12.6. The summed E-state index contributed by atoms with van der Waals surface area (Å²) in [7, 11) is 0. The Kier molecular flexibility index (Phi) is 9.76. The lowest BCUT2D eigenvalue weighted by Crippen LogP contribution is -2.35. The maximum atomic E-state index is 12.2. The van der Waals surface area contributed by atoms with E-state index in [-0.39, 0.29) is 17.6 Å². The highest BCUT2D eigenvalue weighted by Crippen LogP contribution is 2.62. The van der Waals surface area contributed by atoms with Gasteiger partial charge >= 0.3 is 12.1 Å². The molecule has 1 aliphatic heterocycles. The molecular formula is C29H36F3N7O4. The summed E-state index contributed by atoms with van der Waals surface area (Å²) in [6, 6.07) is 5.01. The topological polar surface area (TPSA) is 167 Å². The van der Waals surface area contributed by atoms with Crippen LogP contribution in [-0.2, 0) is 19.1 Å². The number of carbonyl (C=O) groups excluding carboxylic acids is 3. The van der Waals surface area contributed by atoms with Crippen LogP contribution in [0.4, 0.5) is 13.2 Å². The van der Waals surface area contributed by atoms with E-state index in [1.807, 2.05) is 26.0 Å². The van der Waals surface area contributed by atoms with Crippen molar-refractivity contribution in [2.45, 2.75) is 77.8 Å². The molecule has 2 saturated carbocycles. The number of fused-ring (bicyclic) bond motifs is 2. The van der Waals surface area contributed by atoms with Crippen LogP contribution in [0.25, 0.3) is 5.52 Å². The molecule has 1 saturated heterocycles. The van der Waals surface area contributed by atoms with Crippen molar-refractivity contribution in [3.05, 3.63) is 35.2 Å². The van der Waals surface area contributed by atoms with E-state index in [9.17, 15) is 22.8 Å². The number of nitrogens with one attached hydrogen (secondary N) is 1. The lowest BCUT2D eigenvalue weighted by atomic mass is 10.1. The average Bonchev–Trinajstić information content (AvgIpc) is 3.52. The third-order valence-electron chi connectivity index (χ3n) is 8.29. The largest absolute Gasteiger partial charge is 0.470 e. The molecule has 11 nitrogen and oxygen atoms in total. The van der Waals surface area contributed by atoms with Crippen LogP contribution < -0.4 is 11.1 Å². The smallest absolute Gasteiger partial charge is 0.372 e. The van der Waals surface area contributed by atoms with Gasteiger partial charge in [0, 0.05) is 24.8 Å². The molecule has 0 radical (unpaired) electrons. The van der Waals surface area contributed by atoms with E-state index in [1.165, 1.54) is 6.20 Å². The van der Waals surface area contributed by atoms with Crippen molar-refractivity contribution in [3.8, 4) is 12.1 Å². The Morgan fingerprint density at radius 2 is 1.84 bits per heavy atom. The molecule has 2 aromatic heterocycles. The summed E-state index contributed by atoms with van der Waals surface area (Å²) in [5, 5.41) is 24.4. The first-order valence-corrected chi connectivity index (χ1v) is 13.8. The zero-order valence-corrected chi connectivity index (χ0v) is 24.7. The lowest BCUT2D eigenvalue weighted by Gasteiger charge is -2.25. The van der Waals surface area contributed by atoms with E-state index in [2.05, 4.69) is 41.8 Å². The fourth-order valence-electron chi connectivity index (χ4n) is 5.42. The van der Waals surface area contributed by atoms with Crippen molar-refractivity contribution in [2.75, 3.05) is 13.1 Å². The standard InChI is InChI=1S/C15H25NO2.C12H9N5O.C2H2F3NO/c1-10(18-15(4)5-6-15)7-13(17)16-8-11-12(9-16)14(11,2)3;1-8-2-9(3-13)6-17-12(8)10(5-16-17)11(4-14)15-7-18;3-2(4,5)1(6)7/h10-12H,5-9H2,1-4H3;2,5-7,11H,1H3,(H,15,18);(H2,6,7)/t10-,11-,12+;;/m1../s1. The maximum Gasteiger partial charge on any atom is 0.470 e.